The van der Waals surface area contributed by atoms with Gasteiger partial charge in [-0.25, -0.2) is 4.57 Å². The fraction of sp³-hybridized carbons (Fsp3) is 1.00. The van der Waals surface area contributed by atoms with Crippen molar-refractivity contribution in [3.05, 3.63) is 0 Å². The fourth-order valence-corrected chi connectivity index (χ4v) is 0.840. The van der Waals surface area contributed by atoms with E-state index in [0.717, 1.165) is 0 Å². The number of aliphatic hydroxyl groups excluding tert-OH is 2. The topological polar surface area (TPSA) is 107 Å². The van der Waals surface area contributed by atoms with Crippen molar-refractivity contribution < 1.29 is 69.7 Å². The molecule has 0 amide bonds. The van der Waals surface area contributed by atoms with Gasteiger partial charge in [-0.1, -0.05) is 0 Å². The molecule has 0 saturated carbocycles. The molecule has 0 spiro atoms. The first-order chi connectivity index (χ1) is 4.49. The Morgan fingerprint density at radius 2 is 1.58 bits per heavy atom. The van der Waals surface area contributed by atoms with Crippen LogP contribution in [0.15, 0.2) is 0 Å². The summed E-state index contributed by atoms with van der Waals surface area (Å²) in [7, 11) is -4.57. The van der Waals surface area contributed by atoms with E-state index < -0.39 is 27.1 Å². The number of rotatable bonds is 4. The molecule has 0 radical (unpaired) electrons. The van der Waals surface area contributed by atoms with Gasteiger partial charge in [-0.3, -0.25) is 4.52 Å². The van der Waals surface area contributed by atoms with Crippen molar-refractivity contribution in [3.8, 4) is 0 Å². The number of hydrogen-bond donors (Lipinski definition) is 4. The molecule has 0 rings (SSSR count). The number of phosphoric acid groups is 1. The summed E-state index contributed by atoms with van der Waals surface area (Å²) in [5, 5.41) is 16.5. The largest absolute Gasteiger partial charge is 1.00 e. The van der Waals surface area contributed by atoms with Gasteiger partial charge in [0.1, 0.15) is 6.10 Å². The minimum absolute atomic E-state index is 0. The van der Waals surface area contributed by atoms with Crippen LogP contribution in [0.5, 0.6) is 0 Å². The van der Waals surface area contributed by atoms with Crippen molar-refractivity contribution in [2.24, 2.45) is 0 Å². The Bertz CT molecular complexity index is 141. The van der Waals surface area contributed by atoms with Crippen LogP contribution in [-0.2, 0) is 9.09 Å². The Hall–Kier alpha value is 1.22. The van der Waals surface area contributed by atoms with Crippen LogP contribution < -0.4 is 37.7 Å². The van der Waals surface area contributed by atoms with Crippen molar-refractivity contribution in [2.75, 3.05) is 13.2 Å². The number of hydrogen-bond acceptors (Lipinski definition) is 4. The van der Waals surface area contributed by atoms with Crippen molar-refractivity contribution >= 4 is 7.82 Å². The van der Waals surface area contributed by atoms with Gasteiger partial charge in [0.2, 0.25) is 0 Å². The summed E-state index contributed by atoms with van der Waals surface area (Å²) in [6, 6.07) is 0. The third-order valence-electron chi connectivity index (χ3n) is 0.694. The van der Waals surface area contributed by atoms with E-state index in [1.165, 1.54) is 0 Å². The Labute approximate surface area is 96.9 Å². The third kappa shape index (κ3) is 11.2. The average Bonchev–Trinajstić information content (AvgIpc) is 1.81. The van der Waals surface area contributed by atoms with Crippen LogP contribution in [0.1, 0.15) is 2.85 Å². The van der Waals surface area contributed by atoms with Crippen LogP contribution in [0, 0.1) is 0 Å². The molecule has 0 aromatic rings. The molecule has 66 valence electrons. The Kier molecular flexibility index (Phi) is 13.9. The molecular formula is C3H11Li2O6P. The van der Waals surface area contributed by atoms with E-state index in [9.17, 15) is 4.57 Å². The molecule has 0 aromatic carbocycles. The summed E-state index contributed by atoms with van der Waals surface area (Å²) in [4.78, 5) is 16.2. The zero-order valence-electron chi connectivity index (χ0n) is 9.04. The van der Waals surface area contributed by atoms with Crippen molar-refractivity contribution in [2.45, 2.75) is 6.10 Å². The normalized spacial score (nSPS) is 10.4. The maximum Gasteiger partial charge on any atom is 1.00 e. The quantitative estimate of drug-likeness (QED) is 0.258. The Morgan fingerprint density at radius 1 is 1.25 bits per heavy atom. The number of aliphatic hydroxyl groups is 2. The third-order valence-corrected chi connectivity index (χ3v) is 1.27. The van der Waals surface area contributed by atoms with Crippen LogP contribution in [0.3, 0.4) is 0 Å². The van der Waals surface area contributed by atoms with Crippen molar-refractivity contribution in [3.63, 3.8) is 0 Å². The molecule has 12 heavy (non-hydrogen) atoms. The van der Waals surface area contributed by atoms with E-state index in [4.69, 9.17) is 20.0 Å². The van der Waals surface area contributed by atoms with Crippen LogP contribution in [0.25, 0.3) is 0 Å². The first kappa shape index (κ1) is 18.9. The molecule has 0 atom stereocenters. The van der Waals surface area contributed by atoms with E-state index in [0.29, 0.717) is 0 Å². The maximum absolute atomic E-state index is 10.0. The molecule has 0 unspecified atom stereocenters. The van der Waals surface area contributed by atoms with Gasteiger partial charge in [0, 0.05) is 0 Å². The Morgan fingerprint density at radius 3 is 1.67 bits per heavy atom. The second-order valence-electron chi connectivity index (χ2n) is 1.58. The van der Waals surface area contributed by atoms with Crippen LogP contribution in [0.2, 0.25) is 0 Å². The average molecular weight is 188 g/mol. The molecule has 0 aliphatic rings. The van der Waals surface area contributed by atoms with Crippen LogP contribution in [0.4, 0.5) is 0 Å². The molecule has 0 aliphatic heterocycles. The summed E-state index contributed by atoms with van der Waals surface area (Å²) < 4.78 is 13.9. The van der Waals surface area contributed by atoms with Gasteiger partial charge in [-0.05, 0) is 0 Å². The van der Waals surface area contributed by atoms with E-state index >= 15 is 0 Å². The summed E-state index contributed by atoms with van der Waals surface area (Å²) in [6.45, 7) is -1.25. The molecule has 0 aromatic heterocycles. The second-order valence-corrected chi connectivity index (χ2v) is 2.78. The Balaban J connectivity index is -0.0000000675. The minimum Gasteiger partial charge on any atom is -1.00 e. The fourth-order valence-electron chi connectivity index (χ4n) is 0.319. The zero-order valence-corrected chi connectivity index (χ0v) is 7.94. The van der Waals surface area contributed by atoms with Gasteiger partial charge in [-0.2, -0.15) is 0 Å². The monoisotopic (exact) mass is 188 g/mol. The molecular weight excluding hydrogens is 177 g/mol. The second kappa shape index (κ2) is 8.81. The van der Waals surface area contributed by atoms with Crippen LogP contribution in [-0.4, -0.2) is 39.3 Å². The first-order valence-corrected chi connectivity index (χ1v) is 3.98. The van der Waals surface area contributed by atoms with Gasteiger partial charge in [0.05, 0.1) is 13.2 Å². The van der Waals surface area contributed by atoms with Crippen molar-refractivity contribution in [1.82, 2.24) is 0 Å². The minimum atomic E-state index is -4.57. The van der Waals surface area contributed by atoms with E-state index in [-0.39, 0.29) is 40.6 Å². The van der Waals surface area contributed by atoms with Crippen molar-refractivity contribution in [1.29, 1.82) is 0 Å². The predicted molar refractivity (Wildman–Crippen MR) is 33.3 cm³/mol. The van der Waals surface area contributed by atoms with Gasteiger partial charge in [0.15, 0.2) is 0 Å². The molecule has 0 bridgehead atoms. The molecule has 0 heterocycles. The maximum atomic E-state index is 10.0. The summed E-state index contributed by atoms with van der Waals surface area (Å²) in [6.07, 6.45) is -1.21. The van der Waals surface area contributed by atoms with Gasteiger partial charge in [-0.15, -0.1) is 0 Å². The van der Waals surface area contributed by atoms with Crippen LogP contribution >= 0.6 is 7.82 Å². The molecule has 9 heteroatoms. The zero-order chi connectivity index (χ0) is 8.20. The van der Waals surface area contributed by atoms with Gasteiger partial charge < -0.3 is 22.9 Å². The van der Waals surface area contributed by atoms with E-state index in [2.05, 4.69) is 4.52 Å². The molecule has 6 nitrogen and oxygen atoms in total. The smallest absolute Gasteiger partial charge is 1.00 e. The van der Waals surface area contributed by atoms with Gasteiger partial charge >= 0.3 is 45.5 Å². The summed E-state index contributed by atoms with van der Waals surface area (Å²) in [5.41, 5.74) is 0. The molecule has 0 aliphatic carbocycles. The molecule has 0 saturated heterocycles. The molecule has 4 N–H and O–H groups in total. The first-order valence-electron chi connectivity index (χ1n) is 2.45. The molecule has 0 fully saturated rings. The van der Waals surface area contributed by atoms with Gasteiger partial charge in [0.25, 0.3) is 0 Å². The van der Waals surface area contributed by atoms with E-state index in [1.54, 1.807) is 0 Å². The SMILES string of the molecule is O=P(O)(O)OC(CO)CO.[H-].[H-].[Li+].[Li+]. The number of phosphoric ester groups is 1. The summed E-state index contributed by atoms with van der Waals surface area (Å²) in [5.74, 6) is 0. The summed E-state index contributed by atoms with van der Waals surface area (Å²) >= 11 is 0. The predicted octanol–water partition coefficient (Wildman–Crippen LogP) is -7.32. The van der Waals surface area contributed by atoms with E-state index in [1.807, 2.05) is 0 Å². The standard InChI is InChI=1S/C3H9O6P.2Li.2H/c4-1-3(2-5)9-10(6,7)8;;;;/h3-5H,1-2H2,(H2,6,7,8);;;;/q;2*+1;2*-1.